The van der Waals surface area contributed by atoms with E-state index in [9.17, 15) is 4.79 Å². The summed E-state index contributed by atoms with van der Waals surface area (Å²) < 4.78 is 9.19. The van der Waals surface area contributed by atoms with Crippen LogP contribution in [0.2, 0.25) is 0 Å². The highest BCUT2D eigenvalue weighted by molar-refractivity contribution is 6.78. The maximum Gasteiger partial charge on any atom is 0.584 e. The lowest BCUT2D eigenvalue weighted by Crippen LogP contribution is -2.25. The van der Waals surface area contributed by atoms with Gasteiger partial charge in [0.25, 0.3) is 0 Å². The Bertz CT molecular complexity index is 97.5. The first-order valence-corrected chi connectivity index (χ1v) is 2.27. The SMILES string of the molecule is O=C(O)B1OCCO1. The van der Waals surface area contributed by atoms with Crippen LogP contribution in [0.4, 0.5) is 4.79 Å². The summed E-state index contributed by atoms with van der Waals surface area (Å²) in [7, 11) is -1.02. The first kappa shape index (κ1) is 5.59. The summed E-state index contributed by atoms with van der Waals surface area (Å²) in [6.45, 7) is 0.772. The van der Waals surface area contributed by atoms with Crippen LogP contribution in [0.25, 0.3) is 0 Å². The number of rotatable bonds is 1. The zero-order valence-corrected chi connectivity index (χ0v) is 4.16. The molecule has 0 aromatic rings. The fourth-order valence-corrected chi connectivity index (χ4v) is 0.501. The lowest BCUT2D eigenvalue weighted by molar-refractivity contribution is 0.206. The molecule has 1 aliphatic rings. The van der Waals surface area contributed by atoms with Gasteiger partial charge in [-0.3, -0.25) is 4.79 Å². The van der Waals surface area contributed by atoms with Gasteiger partial charge in [-0.15, -0.1) is 0 Å². The second-order valence-electron chi connectivity index (χ2n) is 1.41. The van der Waals surface area contributed by atoms with Gasteiger partial charge < -0.3 is 14.4 Å². The van der Waals surface area contributed by atoms with Crippen molar-refractivity contribution in [2.24, 2.45) is 0 Å². The van der Waals surface area contributed by atoms with Crippen LogP contribution < -0.4 is 0 Å². The second-order valence-corrected chi connectivity index (χ2v) is 1.41. The molecule has 4 nitrogen and oxygen atoms in total. The maximum absolute atomic E-state index is 9.95. The number of carbonyl (C=O) groups is 1. The Kier molecular flexibility index (Phi) is 1.50. The lowest BCUT2D eigenvalue weighted by atomic mass is 9.92. The molecule has 1 aliphatic heterocycles. The summed E-state index contributed by atoms with van der Waals surface area (Å²) in [5.74, 6) is -1.05. The number of hydrogen-bond donors (Lipinski definition) is 1. The summed E-state index contributed by atoms with van der Waals surface area (Å²) in [6.07, 6.45) is 0. The van der Waals surface area contributed by atoms with E-state index in [1.54, 1.807) is 0 Å². The second kappa shape index (κ2) is 2.15. The highest BCUT2D eigenvalue weighted by Gasteiger charge is 2.32. The van der Waals surface area contributed by atoms with Gasteiger partial charge in [-0.2, -0.15) is 0 Å². The Morgan fingerprint density at radius 1 is 1.50 bits per heavy atom. The molecule has 0 atom stereocenters. The molecule has 1 fully saturated rings. The van der Waals surface area contributed by atoms with Crippen molar-refractivity contribution in [1.29, 1.82) is 0 Å². The highest BCUT2D eigenvalue weighted by atomic mass is 16.6. The summed E-state index contributed by atoms with van der Waals surface area (Å²) in [6, 6.07) is 0. The van der Waals surface area contributed by atoms with Crippen LogP contribution >= 0.6 is 0 Å². The van der Waals surface area contributed by atoms with Crippen molar-refractivity contribution in [2.45, 2.75) is 0 Å². The Morgan fingerprint density at radius 3 is 2.25 bits per heavy atom. The molecule has 0 spiro atoms. The van der Waals surface area contributed by atoms with Crippen LogP contribution in [-0.4, -0.2) is 31.3 Å². The average molecular weight is 116 g/mol. The number of hydrogen-bond acceptors (Lipinski definition) is 3. The standard InChI is InChI=1S/C3H5BO4/c5-3(6)4-7-1-2-8-4/h1-2H2,(H,5,6). The summed E-state index contributed by atoms with van der Waals surface area (Å²) in [5, 5.41) is 8.16. The van der Waals surface area contributed by atoms with E-state index in [2.05, 4.69) is 9.31 Å². The lowest BCUT2D eigenvalue weighted by Gasteiger charge is -1.92. The summed E-state index contributed by atoms with van der Waals surface area (Å²) in [5.41, 5.74) is 0. The number of carboxylic acid groups (broad SMARTS) is 1. The van der Waals surface area contributed by atoms with Gasteiger partial charge in [0.05, 0.1) is 13.2 Å². The Balaban J connectivity index is 2.35. The molecule has 0 aliphatic carbocycles. The first-order valence-electron chi connectivity index (χ1n) is 2.27. The zero-order chi connectivity index (χ0) is 5.98. The van der Waals surface area contributed by atoms with Gasteiger partial charge in [0.15, 0.2) is 0 Å². The Labute approximate surface area is 46.5 Å². The van der Waals surface area contributed by atoms with Crippen LogP contribution in [0.15, 0.2) is 0 Å². The summed E-state index contributed by atoms with van der Waals surface area (Å²) in [4.78, 5) is 9.95. The zero-order valence-electron chi connectivity index (χ0n) is 4.16. The minimum Gasteiger partial charge on any atom is -0.484 e. The van der Waals surface area contributed by atoms with Gasteiger partial charge in [0.1, 0.15) is 0 Å². The molecular weight excluding hydrogens is 111 g/mol. The molecule has 0 bridgehead atoms. The average Bonchev–Trinajstić information content (AvgIpc) is 2.12. The van der Waals surface area contributed by atoms with Crippen LogP contribution in [0, 0.1) is 0 Å². The van der Waals surface area contributed by atoms with E-state index in [0.717, 1.165) is 0 Å². The topological polar surface area (TPSA) is 55.8 Å². The molecule has 0 unspecified atom stereocenters. The normalized spacial score (nSPS) is 19.2. The molecule has 0 saturated carbocycles. The molecular formula is C3H5BO4. The maximum atomic E-state index is 9.95. The molecule has 1 rings (SSSR count). The van der Waals surface area contributed by atoms with Gasteiger partial charge in [-0.25, -0.2) is 0 Å². The van der Waals surface area contributed by atoms with Crippen LogP contribution in [0.3, 0.4) is 0 Å². The van der Waals surface area contributed by atoms with Crippen molar-refractivity contribution >= 4 is 13.0 Å². The van der Waals surface area contributed by atoms with Crippen molar-refractivity contribution in [1.82, 2.24) is 0 Å². The van der Waals surface area contributed by atoms with Crippen LogP contribution in [0.5, 0.6) is 0 Å². The van der Waals surface area contributed by atoms with Gasteiger partial charge >= 0.3 is 13.0 Å². The third-order valence-electron chi connectivity index (χ3n) is 0.823. The predicted octanol–water partition coefficient (Wildman–Crippen LogP) is -0.219. The fourth-order valence-electron chi connectivity index (χ4n) is 0.501. The third-order valence-corrected chi connectivity index (χ3v) is 0.823. The van der Waals surface area contributed by atoms with E-state index >= 15 is 0 Å². The van der Waals surface area contributed by atoms with Gasteiger partial charge in [0.2, 0.25) is 0 Å². The molecule has 5 heteroatoms. The van der Waals surface area contributed by atoms with E-state index in [1.807, 2.05) is 0 Å². The van der Waals surface area contributed by atoms with Gasteiger partial charge in [-0.1, -0.05) is 0 Å². The van der Waals surface area contributed by atoms with Crippen molar-refractivity contribution in [3.05, 3.63) is 0 Å². The van der Waals surface area contributed by atoms with Crippen molar-refractivity contribution in [3.8, 4) is 0 Å². The highest BCUT2D eigenvalue weighted by Crippen LogP contribution is 1.98. The van der Waals surface area contributed by atoms with E-state index in [1.165, 1.54) is 0 Å². The quantitative estimate of drug-likeness (QED) is 0.481. The Hall–Kier alpha value is -0.545. The first-order chi connectivity index (χ1) is 3.80. The third kappa shape index (κ3) is 0.990. The van der Waals surface area contributed by atoms with E-state index < -0.39 is 13.0 Å². The fraction of sp³-hybridized carbons (Fsp3) is 0.667. The largest absolute Gasteiger partial charge is 0.584 e. The van der Waals surface area contributed by atoms with Gasteiger partial charge in [0, 0.05) is 0 Å². The molecule has 0 aromatic heterocycles. The molecule has 0 radical (unpaired) electrons. The molecule has 8 heavy (non-hydrogen) atoms. The monoisotopic (exact) mass is 116 g/mol. The smallest absolute Gasteiger partial charge is 0.484 e. The minimum absolute atomic E-state index is 0.386. The molecule has 0 amide bonds. The molecule has 1 saturated heterocycles. The predicted molar refractivity (Wildman–Crippen MR) is 25.7 cm³/mol. The molecule has 44 valence electrons. The molecule has 1 heterocycles. The molecule has 1 N–H and O–H groups in total. The van der Waals surface area contributed by atoms with Gasteiger partial charge in [-0.05, 0) is 0 Å². The summed E-state index contributed by atoms with van der Waals surface area (Å²) >= 11 is 0. The van der Waals surface area contributed by atoms with E-state index in [-0.39, 0.29) is 0 Å². The Morgan fingerprint density at radius 2 is 2.00 bits per heavy atom. The van der Waals surface area contributed by atoms with Crippen molar-refractivity contribution in [2.75, 3.05) is 13.2 Å². The molecule has 0 aromatic carbocycles. The van der Waals surface area contributed by atoms with Crippen molar-refractivity contribution in [3.63, 3.8) is 0 Å². The van der Waals surface area contributed by atoms with Crippen LogP contribution in [0.1, 0.15) is 0 Å². The van der Waals surface area contributed by atoms with Crippen molar-refractivity contribution < 1.29 is 19.2 Å². The van der Waals surface area contributed by atoms with Crippen LogP contribution in [-0.2, 0) is 9.31 Å². The van der Waals surface area contributed by atoms with E-state index in [0.29, 0.717) is 13.2 Å². The minimum atomic E-state index is -1.05. The van der Waals surface area contributed by atoms with E-state index in [4.69, 9.17) is 5.11 Å².